The number of Topliss-reactive ketones (excluding diaryl/α,β-unsaturated/α-hetero) is 1. The van der Waals surface area contributed by atoms with E-state index in [4.69, 9.17) is 16.7 Å². The van der Waals surface area contributed by atoms with Crippen LogP contribution < -0.4 is 0 Å². The van der Waals surface area contributed by atoms with E-state index in [1.54, 1.807) is 6.92 Å². The molecule has 0 spiro atoms. The Labute approximate surface area is 164 Å². The average Bonchev–Trinajstić information content (AvgIpc) is 2.50. The maximum Gasteiger partial charge on any atom is 0.303 e. The molecule has 0 saturated heterocycles. The minimum atomic E-state index is -0.847. The summed E-state index contributed by atoms with van der Waals surface area (Å²) in [5.41, 5.74) is -0.236. The number of halogens is 1. The fourth-order valence-corrected chi connectivity index (χ4v) is 3.64. The Morgan fingerprint density at radius 3 is 2.04 bits per heavy atom. The van der Waals surface area contributed by atoms with Crippen LogP contribution in [0.1, 0.15) is 105 Å². The second-order valence-electron chi connectivity index (χ2n) is 8.51. The summed E-state index contributed by atoms with van der Waals surface area (Å²) < 4.78 is 0. The summed E-state index contributed by atoms with van der Waals surface area (Å²) in [6, 6.07) is 0. The number of aliphatic carboxylic acids is 1. The minimum Gasteiger partial charge on any atom is -0.481 e. The molecule has 2 atom stereocenters. The van der Waals surface area contributed by atoms with Crippen LogP contribution >= 0.6 is 11.6 Å². The quantitative estimate of drug-likeness (QED) is 0.261. The van der Waals surface area contributed by atoms with Gasteiger partial charge in [0.1, 0.15) is 4.87 Å². The summed E-state index contributed by atoms with van der Waals surface area (Å²) in [6.07, 6.45) is 9.13. The number of aliphatic hydroxyl groups is 1. The van der Waals surface area contributed by atoms with E-state index in [9.17, 15) is 14.7 Å². The Morgan fingerprint density at radius 1 is 0.962 bits per heavy atom. The number of carbonyl (C=O) groups excluding carboxylic acids is 1. The summed E-state index contributed by atoms with van der Waals surface area (Å²) in [6.45, 7) is 7.60. The van der Waals surface area contributed by atoms with Crippen LogP contribution in [0.3, 0.4) is 0 Å². The maximum atomic E-state index is 12.0. The molecule has 2 N–H and O–H groups in total. The van der Waals surface area contributed by atoms with E-state index < -0.39 is 10.8 Å². The summed E-state index contributed by atoms with van der Waals surface area (Å²) in [7, 11) is 0. The second kappa shape index (κ2) is 12.7. The molecule has 0 rings (SSSR count). The fraction of sp³-hybridized carbons (Fsp3) is 0.905. The Bertz CT molecular complexity index is 422. The molecule has 26 heavy (non-hydrogen) atoms. The lowest BCUT2D eigenvalue weighted by Crippen LogP contribution is -2.31. The van der Waals surface area contributed by atoms with E-state index in [1.165, 1.54) is 0 Å². The number of aliphatic hydroxyl groups excluding tert-OH is 1. The molecule has 154 valence electrons. The van der Waals surface area contributed by atoms with Gasteiger partial charge in [-0.2, -0.15) is 0 Å². The molecular formula is C21H39ClO4. The molecule has 0 bridgehead atoms. The van der Waals surface area contributed by atoms with Gasteiger partial charge in [0.25, 0.3) is 0 Å². The molecule has 0 aliphatic rings. The van der Waals surface area contributed by atoms with Crippen LogP contribution in [-0.4, -0.2) is 32.9 Å². The Balaban J connectivity index is 4.24. The molecule has 0 amide bonds. The molecule has 0 fully saturated rings. The van der Waals surface area contributed by atoms with Crippen molar-refractivity contribution in [1.29, 1.82) is 0 Å². The number of hydrogen-bond acceptors (Lipinski definition) is 3. The molecule has 0 aliphatic heterocycles. The first kappa shape index (κ1) is 25.4. The molecule has 4 nitrogen and oxygen atoms in total. The largest absolute Gasteiger partial charge is 0.481 e. The standard InChI is InChI=1S/C21H39ClO4/c1-5-6-7-11-18(24)12-10-15-21(22,17(2)23)14-9-8-13-20(3,4)16-19(25)26/h18,24H,5-16H2,1-4H3,(H,25,26). The van der Waals surface area contributed by atoms with Gasteiger partial charge in [-0.25, -0.2) is 0 Å². The zero-order chi connectivity index (χ0) is 20.2. The first-order valence-electron chi connectivity index (χ1n) is 10.1. The number of hydrogen-bond donors (Lipinski definition) is 2. The van der Waals surface area contributed by atoms with Gasteiger partial charge < -0.3 is 10.2 Å². The monoisotopic (exact) mass is 390 g/mol. The van der Waals surface area contributed by atoms with Gasteiger partial charge in [-0.1, -0.05) is 52.9 Å². The van der Waals surface area contributed by atoms with E-state index in [2.05, 4.69) is 6.92 Å². The van der Waals surface area contributed by atoms with Crippen molar-refractivity contribution in [2.24, 2.45) is 5.41 Å². The van der Waals surface area contributed by atoms with Gasteiger partial charge in [-0.15, -0.1) is 11.6 Å². The zero-order valence-corrected chi connectivity index (χ0v) is 17.9. The van der Waals surface area contributed by atoms with Crippen molar-refractivity contribution in [3.05, 3.63) is 0 Å². The number of carboxylic acids is 1. The Hall–Kier alpha value is -0.610. The highest BCUT2D eigenvalue weighted by Gasteiger charge is 2.32. The number of ketones is 1. The van der Waals surface area contributed by atoms with Crippen molar-refractivity contribution >= 4 is 23.4 Å². The van der Waals surface area contributed by atoms with Gasteiger partial charge in [0.05, 0.1) is 12.5 Å². The SMILES string of the molecule is CCCCCC(O)CCCC(Cl)(CCCCC(C)(C)CC(=O)O)C(C)=O. The first-order valence-corrected chi connectivity index (χ1v) is 10.5. The van der Waals surface area contributed by atoms with Gasteiger partial charge in [-0.05, 0) is 50.9 Å². The van der Waals surface area contributed by atoms with Crippen molar-refractivity contribution in [2.45, 2.75) is 116 Å². The zero-order valence-electron chi connectivity index (χ0n) is 17.2. The predicted octanol–water partition coefficient (Wildman–Crippen LogP) is 5.73. The smallest absolute Gasteiger partial charge is 0.303 e. The number of unbranched alkanes of at least 4 members (excludes halogenated alkanes) is 3. The topological polar surface area (TPSA) is 74.6 Å². The van der Waals surface area contributed by atoms with E-state index >= 15 is 0 Å². The third kappa shape index (κ3) is 11.9. The van der Waals surface area contributed by atoms with Gasteiger partial charge in [0.2, 0.25) is 0 Å². The van der Waals surface area contributed by atoms with Crippen LogP contribution in [0.4, 0.5) is 0 Å². The molecule has 5 heteroatoms. The molecule has 0 saturated carbocycles. The summed E-state index contributed by atoms with van der Waals surface area (Å²) in [5.74, 6) is -0.785. The lowest BCUT2D eigenvalue weighted by Gasteiger charge is -2.26. The summed E-state index contributed by atoms with van der Waals surface area (Å²) in [5, 5.41) is 18.9. The van der Waals surface area contributed by atoms with Crippen LogP contribution in [0.15, 0.2) is 0 Å². The van der Waals surface area contributed by atoms with Crippen LogP contribution in [0.25, 0.3) is 0 Å². The predicted molar refractivity (Wildman–Crippen MR) is 108 cm³/mol. The fourth-order valence-electron chi connectivity index (χ4n) is 3.38. The van der Waals surface area contributed by atoms with Crippen molar-refractivity contribution in [2.75, 3.05) is 0 Å². The molecular weight excluding hydrogens is 352 g/mol. The second-order valence-corrected chi connectivity index (χ2v) is 9.23. The highest BCUT2D eigenvalue weighted by molar-refractivity contribution is 6.34. The molecule has 0 aromatic carbocycles. The lowest BCUT2D eigenvalue weighted by molar-refractivity contribution is -0.139. The highest BCUT2D eigenvalue weighted by atomic mass is 35.5. The molecule has 0 aromatic rings. The Kier molecular flexibility index (Phi) is 12.4. The van der Waals surface area contributed by atoms with Crippen molar-refractivity contribution in [3.63, 3.8) is 0 Å². The first-order chi connectivity index (χ1) is 12.0. The normalized spacial score (nSPS) is 15.5. The highest BCUT2D eigenvalue weighted by Crippen LogP contribution is 2.33. The number of carbonyl (C=O) groups is 2. The number of alkyl halides is 1. The third-order valence-electron chi connectivity index (χ3n) is 5.19. The van der Waals surface area contributed by atoms with E-state index in [1.807, 2.05) is 13.8 Å². The van der Waals surface area contributed by atoms with Crippen molar-refractivity contribution < 1.29 is 19.8 Å². The van der Waals surface area contributed by atoms with Crippen molar-refractivity contribution in [1.82, 2.24) is 0 Å². The van der Waals surface area contributed by atoms with E-state index in [0.717, 1.165) is 51.4 Å². The van der Waals surface area contributed by atoms with E-state index in [-0.39, 0.29) is 23.7 Å². The number of rotatable bonds is 16. The third-order valence-corrected chi connectivity index (χ3v) is 5.83. The van der Waals surface area contributed by atoms with Crippen LogP contribution in [-0.2, 0) is 9.59 Å². The van der Waals surface area contributed by atoms with Gasteiger partial charge in [-0.3, -0.25) is 9.59 Å². The number of carboxylic acid groups (broad SMARTS) is 1. The van der Waals surface area contributed by atoms with Gasteiger partial charge in [0, 0.05) is 0 Å². The van der Waals surface area contributed by atoms with Crippen LogP contribution in [0, 0.1) is 5.41 Å². The van der Waals surface area contributed by atoms with Crippen LogP contribution in [0.2, 0.25) is 0 Å². The molecule has 0 aliphatic carbocycles. The minimum absolute atomic E-state index is 0.00978. The van der Waals surface area contributed by atoms with E-state index in [0.29, 0.717) is 19.3 Å². The molecule has 0 heterocycles. The van der Waals surface area contributed by atoms with Gasteiger partial charge in [0.15, 0.2) is 5.78 Å². The summed E-state index contributed by atoms with van der Waals surface area (Å²) >= 11 is 6.59. The molecule has 0 radical (unpaired) electrons. The lowest BCUT2D eigenvalue weighted by atomic mass is 9.82. The van der Waals surface area contributed by atoms with Crippen molar-refractivity contribution in [3.8, 4) is 0 Å². The average molecular weight is 391 g/mol. The molecule has 2 unspecified atom stereocenters. The summed E-state index contributed by atoms with van der Waals surface area (Å²) in [4.78, 5) is 22.0. The molecule has 0 aromatic heterocycles. The van der Waals surface area contributed by atoms with Crippen LogP contribution in [0.5, 0.6) is 0 Å². The van der Waals surface area contributed by atoms with Gasteiger partial charge >= 0.3 is 5.97 Å². The Morgan fingerprint density at radius 2 is 1.50 bits per heavy atom. The maximum absolute atomic E-state index is 12.0.